The van der Waals surface area contributed by atoms with Gasteiger partial charge in [0.05, 0.1) is 0 Å². The predicted octanol–water partition coefficient (Wildman–Crippen LogP) is 2.27. The van der Waals surface area contributed by atoms with Crippen molar-refractivity contribution in [2.45, 2.75) is 38.6 Å². The van der Waals surface area contributed by atoms with Gasteiger partial charge < -0.3 is 5.32 Å². The zero-order valence-electron chi connectivity index (χ0n) is 7.44. The van der Waals surface area contributed by atoms with Gasteiger partial charge in [-0.3, -0.25) is 0 Å². The third kappa shape index (κ3) is 5.57. The van der Waals surface area contributed by atoms with Crippen molar-refractivity contribution in [1.82, 2.24) is 5.32 Å². The first-order valence-electron chi connectivity index (χ1n) is 4.74. The summed E-state index contributed by atoms with van der Waals surface area (Å²) in [4.78, 5) is 0. The van der Waals surface area contributed by atoms with Gasteiger partial charge in [0.1, 0.15) is 0 Å². The van der Waals surface area contributed by atoms with Crippen LogP contribution in [0.25, 0.3) is 0 Å². The lowest BCUT2D eigenvalue weighted by Gasteiger charge is -2.01. The van der Waals surface area contributed by atoms with Gasteiger partial charge in [-0.1, -0.05) is 6.92 Å². The van der Waals surface area contributed by atoms with Gasteiger partial charge in [0.2, 0.25) is 0 Å². The molecule has 0 heterocycles. The molecular weight excluding hydrogens is 154 g/mol. The Bertz CT molecular complexity index is 91.6. The van der Waals surface area contributed by atoms with Crippen molar-refractivity contribution in [3.05, 3.63) is 0 Å². The lowest BCUT2D eigenvalue weighted by molar-refractivity contribution is 0.640. The highest BCUT2D eigenvalue weighted by atomic mass is 32.2. The molecule has 1 rings (SSSR count). The van der Waals surface area contributed by atoms with Gasteiger partial charge in [0, 0.05) is 6.04 Å². The Labute approximate surface area is 74.3 Å². The molecule has 0 radical (unpaired) electrons. The van der Waals surface area contributed by atoms with Crippen LogP contribution in [0.1, 0.15) is 32.6 Å². The Morgan fingerprint density at radius 1 is 1.36 bits per heavy atom. The van der Waals surface area contributed by atoms with Crippen LogP contribution in [-0.2, 0) is 0 Å². The maximum atomic E-state index is 3.52. The molecule has 0 bridgehead atoms. The average molecular weight is 173 g/mol. The summed E-state index contributed by atoms with van der Waals surface area (Å²) in [5.74, 6) is 2.62. The third-order valence-corrected chi connectivity index (χ3v) is 2.92. The van der Waals surface area contributed by atoms with E-state index in [0.29, 0.717) is 0 Å². The first-order chi connectivity index (χ1) is 5.43. The predicted molar refractivity (Wildman–Crippen MR) is 53.3 cm³/mol. The molecule has 11 heavy (non-hydrogen) atoms. The molecule has 66 valence electrons. The van der Waals surface area contributed by atoms with Crippen molar-refractivity contribution in [1.29, 1.82) is 0 Å². The lowest BCUT2D eigenvalue weighted by atomic mass is 10.3. The number of rotatable bonds is 7. The Morgan fingerprint density at radius 3 is 2.82 bits per heavy atom. The highest BCUT2D eigenvalue weighted by Gasteiger charge is 2.19. The van der Waals surface area contributed by atoms with E-state index >= 15 is 0 Å². The molecule has 0 unspecified atom stereocenters. The lowest BCUT2D eigenvalue weighted by Crippen LogP contribution is -2.17. The largest absolute Gasteiger partial charge is 0.314 e. The molecule has 0 spiro atoms. The first-order valence-corrected chi connectivity index (χ1v) is 5.90. The van der Waals surface area contributed by atoms with Crippen LogP contribution in [0.4, 0.5) is 0 Å². The van der Waals surface area contributed by atoms with E-state index < -0.39 is 0 Å². The number of hydrogen-bond acceptors (Lipinski definition) is 2. The monoisotopic (exact) mass is 173 g/mol. The minimum absolute atomic E-state index is 0.897. The van der Waals surface area contributed by atoms with E-state index in [1.54, 1.807) is 0 Å². The zero-order valence-corrected chi connectivity index (χ0v) is 8.25. The summed E-state index contributed by atoms with van der Waals surface area (Å²) in [6.07, 6.45) is 5.59. The van der Waals surface area contributed by atoms with Crippen molar-refractivity contribution >= 4 is 11.8 Å². The summed E-state index contributed by atoms with van der Waals surface area (Å²) >= 11 is 2.05. The van der Waals surface area contributed by atoms with Crippen LogP contribution in [0.2, 0.25) is 0 Å². The van der Waals surface area contributed by atoms with Crippen molar-refractivity contribution in [3.8, 4) is 0 Å². The Kier molecular flexibility index (Phi) is 5.04. The topological polar surface area (TPSA) is 12.0 Å². The highest BCUT2D eigenvalue weighted by molar-refractivity contribution is 7.99. The van der Waals surface area contributed by atoms with E-state index in [1.807, 2.05) is 0 Å². The Balaban J connectivity index is 1.66. The summed E-state index contributed by atoms with van der Waals surface area (Å²) in [5.41, 5.74) is 0. The maximum absolute atomic E-state index is 3.52. The van der Waals surface area contributed by atoms with Gasteiger partial charge >= 0.3 is 0 Å². The van der Waals surface area contributed by atoms with E-state index in [9.17, 15) is 0 Å². The van der Waals surface area contributed by atoms with Gasteiger partial charge in [0.15, 0.2) is 0 Å². The van der Waals surface area contributed by atoms with Crippen molar-refractivity contribution in [3.63, 3.8) is 0 Å². The van der Waals surface area contributed by atoms with Crippen LogP contribution >= 0.6 is 11.8 Å². The quantitative estimate of drug-likeness (QED) is 0.593. The van der Waals surface area contributed by atoms with Gasteiger partial charge in [-0.2, -0.15) is 11.8 Å². The number of nitrogens with one attached hydrogen (secondary N) is 1. The fraction of sp³-hybridized carbons (Fsp3) is 1.00. The van der Waals surface area contributed by atoms with Gasteiger partial charge in [-0.15, -0.1) is 0 Å². The van der Waals surface area contributed by atoms with Crippen LogP contribution < -0.4 is 5.32 Å². The first kappa shape index (κ1) is 9.40. The molecule has 0 aromatic carbocycles. The van der Waals surface area contributed by atoms with Crippen molar-refractivity contribution in [2.75, 3.05) is 18.1 Å². The zero-order chi connectivity index (χ0) is 7.94. The van der Waals surface area contributed by atoms with Crippen molar-refractivity contribution in [2.24, 2.45) is 0 Å². The molecule has 1 N–H and O–H groups in total. The molecule has 0 aromatic heterocycles. The highest BCUT2D eigenvalue weighted by Crippen LogP contribution is 2.18. The minimum atomic E-state index is 0.897. The SMILES string of the molecule is CCSCCCCNC1CC1. The third-order valence-electron chi connectivity index (χ3n) is 1.93. The molecule has 1 fully saturated rings. The summed E-state index contributed by atoms with van der Waals surface area (Å²) in [7, 11) is 0. The Morgan fingerprint density at radius 2 is 2.18 bits per heavy atom. The van der Waals surface area contributed by atoms with E-state index in [4.69, 9.17) is 0 Å². The molecule has 0 atom stereocenters. The molecule has 0 amide bonds. The molecule has 2 heteroatoms. The van der Waals surface area contributed by atoms with E-state index in [2.05, 4.69) is 24.0 Å². The molecule has 1 aliphatic rings. The summed E-state index contributed by atoms with van der Waals surface area (Å²) < 4.78 is 0. The second-order valence-corrected chi connectivity index (χ2v) is 4.53. The molecule has 0 aliphatic heterocycles. The normalized spacial score (nSPS) is 17.2. The molecule has 0 aromatic rings. The van der Waals surface area contributed by atoms with Crippen LogP contribution in [-0.4, -0.2) is 24.1 Å². The van der Waals surface area contributed by atoms with Gasteiger partial charge in [0.25, 0.3) is 0 Å². The molecule has 0 saturated heterocycles. The summed E-state index contributed by atoms with van der Waals surface area (Å²) in [6.45, 7) is 3.47. The van der Waals surface area contributed by atoms with Crippen LogP contribution in [0.3, 0.4) is 0 Å². The minimum Gasteiger partial charge on any atom is -0.314 e. The van der Waals surface area contributed by atoms with Crippen molar-refractivity contribution < 1.29 is 0 Å². The number of thioether (sulfide) groups is 1. The average Bonchev–Trinajstić information content (AvgIpc) is 2.80. The van der Waals surface area contributed by atoms with Crippen LogP contribution in [0, 0.1) is 0 Å². The summed E-state index contributed by atoms with van der Waals surface area (Å²) in [5, 5.41) is 3.52. The van der Waals surface area contributed by atoms with Crippen LogP contribution in [0.5, 0.6) is 0 Å². The van der Waals surface area contributed by atoms with Gasteiger partial charge in [-0.25, -0.2) is 0 Å². The molecule has 1 aliphatic carbocycles. The van der Waals surface area contributed by atoms with Crippen LogP contribution in [0.15, 0.2) is 0 Å². The van der Waals surface area contributed by atoms with E-state index in [-0.39, 0.29) is 0 Å². The second kappa shape index (κ2) is 5.90. The standard InChI is InChI=1S/C9H19NS/c1-2-11-8-4-3-7-10-9-5-6-9/h9-10H,2-8H2,1H3. The smallest absolute Gasteiger partial charge is 0.00682 e. The Hall–Kier alpha value is 0.310. The van der Waals surface area contributed by atoms with Gasteiger partial charge in [-0.05, 0) is 43.7 Å². The summed E-state index contributed by atoms with van der Waals surface area (Å²) in [6, 6.07) is 0.897. The van der Waals surface area contributed by atoms with E-state index in [1.165, 1.54) is 43.7 Å². The number of unbranched alkanes of at least 4 members (excludes halogenated alkanes) is 1. The number of hydrogen-bond donors (Lipinski definition) is 1. The fourth-order valence-electron chi connectivity index (χ4n) is 1.07. The molecular formula is C9H19NS. The maximum Gasteiger partial charge on any atom is 0.00682 e. The second-order valence-electron chi connectivity index (χ2n) is 3.13. The molecule has 1 nitrogen and oxygen atoms in total. The fourth-order valence-corrected chi connectivity index (χ4v) is 1.76. The molecule has 1 saturated carbocycles. The van der Waals surface area contributed by atoms with E-state index in [0.717, 1.165) is 6.04 Å².